The van der Waals surface area contributed by atoms with E-state index in [4.69, 9.17) is 0 Å². The summed E-state index contributed by atoms with van der Waals surface area (Å²) < 4.78 is 68.5. The first-order valence-corrected chi connectivity index (χ1v) is 11.6. The van der Waals surface area contributed by atoms with Crippen LogP contribution in [-0.2, 0) is 14.8 Å². The Kier molecular flexibility index (Phi) is 7.14. The molecule has 0 saturated carbocycles. The van der Waals surface area contributed by atoms with Gasteiger partial charge in [-0.3, -0.25) is 4.79 Å². The molecular formula is C22H25F3N2O4S. The molecule has 0 aromatic heterocycles. The first-order chi connectivity index (χ1) is 15.0. The first-order valence-electron chi connectivity index (χ1n) is 10.1. The Morgan fingerprint density at radius 2 is 1.69 bits per heavy atom. The number of anilines is 1. The highest BCUT2D eigenvalue weighted by Crippen LogP contribution is 2.26. The topological polar surface area (TPSA) is 75.7 Å². The quantitative estimate of drug-likeness (QED) is 0.684. The zero-order chi connectivity index (χ0) is 23.5. The summed E-state index contributed by atoms with van der Waals surface area (Å²) in [6, 6.07) is 10.7. The summed E-state index contributed by atoms with van der Waals surface area (Å²) in [5.74, 6) is -0.565. The molecule has 0 spiro atoms. The molecule has 32 heavy (non-hydrogen) atoms. The predicted octanol–water partition coefficient (Wildman–Crippen LogP) is 4.28. The summed E-state index contributed by atoms with van der Waals surface area (Å²) in [7, 11) is -3.62. The summed E-state index contributed by atoms with van der Waals surface area (Å²) in [5, 5.41) is 2.73. The molecule has 1 saturated heterocycles. The third-order valence-corrected chi connectivity index (χ3v) is 7.36. The number of hydrogen-bond acceptors (Lipinski definition) is 4. The van der Waals surface area contributed by atoms with E-state index in [1.807, 2.05) is 13.8 Å². The van der Waals surface area contributed by atoms with E-state index in [0.29, 0.717) is 18.5 Å². The average molecular weight is 471 g/mol. The number of ether oxygens (including phenoxy) is 1. The standard InChI is InChI=1S/C22H25F3N2O4S/c1-15-3-8-20(13-16(15)2)32(29,30)27-11-9-17(10-12-27)21(28)26-18-4-6-19(7-5-18)31-14-22(23,24)25/h3-8,13,17H,9-12,14H2,1-2H3,(H,26,28). The Bertz CT molecular complexity index is 1060. The minimum absolute atomic E-state index is 0.0465. The molecule has 1 aliphatic rings. The van der Waals surface area contributed by atoms with Crippen LogP contribution in [0.25, 0.3) is 0 Å². The molecule has 0 radical (unpaired) electrons. The zero-order valence-corrected chi connectivity index (χ0v) is 18.6. The molecule has 0 unspecified atom stereocenters. The molecule has 0 aliphatic carbocycles. The maximum atomic E-state index is 12.9. The van der Waals surface area contributed by atoms with Gasteiger partial charge in [-0.05, 0) is 74.2 Å². The van der Waals surface area contributed by atoms with Crippen molar-refractivity contribution in [1.29, 1.82) is 0 Å². The summed E-state index contributed by atoms with van der Waals surface area (Å²) in [5.41, 5.74) is 2.34. The second-order valence-electron chi connectivity index (χ2n) is 7.84. The van der Waals surface area contributed by atoms with Crippen molar-refractivity contribution < 1.29 is 31.1 Å². The Labute approximate surface area is 185 Å². The largest absolute Gasteiger partial charge is 0.484 e. The van der Waals surface area contributed by atoms with Crippen LogP contribution in [0.3, 0.4) is 0 Å². The van der Waals surface area contributed by atoms with Crippen LogP contribution in [0.2, 0.25) is 0 Å². The fraction of sp³-hybridized carbons (Fsp3) is 0.409. The van der Waals surface area contributed by atoms with Crippen LogP contribution >= 0.6 is 0 Å². The van der Waals surface area contributed by atoms with E-state index in [9.17, 15) is 26.4 Å². The zero-order valence-electron chi connectivity index (χ0n) is 17.8. The number of carbonyl (C=O) groups is 1. The summed E-state index contributed by atoms with van der Waals surface area (Å²) in [6.45, 7) is 2.86. The van der Waals surface area contributed by atoms with Crippen LogP contribution in [0.1, 0.15) is 24.0 Å². The highest BCUT2D eigenvalue weighted by molar-refractivity contribution is 7.89. The van der Waals surface area contributed by atoms with E-state index in [2.05, 4.69) is 10.1 Å². The SMILES string of the molecule is Cc1ccc(S(=O)(=O)N2CCC(C(=O)Nc3ccc(OCC(F)(F)F)cc3)CC2)cc1C. The van der Waals surface area contributed by atoms with Gasteiger partial charge >= 0.3 is 6.18 Å². The highest BCUT2D eigenvalue weighted by atomic mass is 32.2. The Morgan fingerprint density at radius 1 is 1.06 bits per heavy atom. The molecule has 1 aliphatic heterocycles. The molecule has 10 heteroatoms. The van der Waals surface area contributed by atoms with Gasteiger partial charge in [0.15, 0.2) is 6.61 Å². The minimum Gasteiger partial charge on any atom is -0.484 e. The van der Waals surface area contributed by atoms with Crippen molar-refractivity contribution in [2.24, 2.45) is 5.92 Å². The molecule has 2 aromatic rings. The molecule has 6 nitrogen and oxygen atoms in total. The lowest BCUT2D eigenvalue weighted by atomic mass is 9.97. The second-order valence-corrected chi connectivity index (χ2v) is 9.78. The predicted molar refractivity (Wildman–Crippen MR) is 114 cm³/mol. The van der Waals surface area contributed by atoms with Gasteiger partial charge in [0.1, 0.15) is 5.75 Å². The van der Waals surface area contributed by atoms with E-state index >= 15 is 0 Å². The second kappa shape index (κ2) is 9.50. The van der Waals surface area contributed by atoms with Gasteiger partial charge in [0.2, 0.25) is 15.9 Å². The van der Waals surface area contributed by atoms with E-state index in [1.54, 1.807) is 18.2 Å². The highest BCUT2D eigenvalue weighted by Gasteiger charge is 2.32. The van der Waals surface area contributed by atoms with Gasteiger partial charge in [0.25, 0.3) is 0 Å². The summed E-state index contributed by atoms with van der Waals surface area (Å²) in [6.07, 6.45) is -3.67. The third-order valence-electron chi connectivity index (χ3n) is 5.47. The van der Waals surface area contributed by atoms with E-state index in [0.717, 1.165) is 11.1 Å². The number of halogens is 3. The molecule has 0 bridgehead atoms. The number of piperidine rings is 1. The lowest BCUT2D eigenvalue weighted by Crippen LogP contribution is -2.41. The number of alkyl halides is 3. The van der Waals surface area contributed by atoms with Gasteiger partial charge in [-0.1, -0.05) is 6.07 Å². The fourth-order valence-electron chi connectivity index (χ4n) is 3.43. The molecule has 0 atom stereocenters. The number of benzene rings is 2. The maximum Gasteiger partial charge on any atom is 0.422 e. The van der Waals surface area contributed by atoms with Crippen LogP contribution in [0, 0.1) is 19.8 Å². The van der Waals surface area contributed by atoms with Crippen molar-refractivity contribution in [3.8, 4) is 5.75 Å². The van der Waals surface area contributed by atoms with E-state index < -0.39 is 22.8 Å². The molecule has 1 amide bonds. The molecule has 2 aromatic carbocycles. The minimum atomic E-state index is -4.42. The number of amides is 1. The number of sulfonamides is 1. The van der Waals surface area contributed by atoms with Crippen molar-refractivity contribution in [3.63, 3.8) is 0 Å². The monoisotopic (exact) mass is 470 g/mol. The molecule has 1 fully saturated rings. The van der Waals surface area contributed by atoms with Gasteiger partial charge in [-0.25, -0.2) is 8.42 Å². The summed E-state index contributed by atoms with van der Waals surface area (Å²) >= 11 is 0. The number of rotatable bonds is 6. The molecular weight excluding hydrogens is 445 g/mol. The normalized spacial score (nSPS) is 16.0. The van der Waals surface area contributed by atoms with Gasteiger partial charge in [-0.2, -0.15) is 17.5 Å². The Morgan fingerprint density at radius 3 is 2.25 bits per heavy atom. The molecule has 3 rings (SSSR count). The van der Waals surface area contributed by atoms with Gasteiger partial charge in [-0.15, -0.1) is 0 Å². The van der Waals surface area contributed by atoms with Crippen LogP contribution in [0.4, 0.5) is 18.9 Å². The number of hydrogen-bond donors (Lipinski definition) is 1. The van der Waals surface area contributed by atoms with Crippen molar-refractivity contribution in [1.82, 2.24) is 4.31 Å². The van der Waals surface area contributed by atoms with Crippen molar-refractivity contribution in [2.75, 3.05) is 25.0 Å². The van der Waals surface area contributed by atoms with Crippen molar-refractivity contribution in [3.05, 3.63) is 53.6 Å². The number of aryl methyl sites for hydroxylation is 2. The van der Waals surface area contributed by atoms with E-state index in [-0.39, 0.29) is 35.6 Å². The lowest BCUT2D eigenvalue weighted by Gasteiger charge is -2.30. The van der Waals surface area contributed by atoms with Crippen LogP contribution in [0.5, 0.6) is 5.75 Å². The van der Waals surface area contributed by atoms with Crippen LogP contribution < -0.4 is 10.1 Å². The summed E-state index contributed by atoms with van der Waals surface area (Å²) in [4.78, 5) is 12.8. The molecule has 174 valence electrons. The fourth-order valence-corrected chi connectivity index (χ4v) is 4.98. The van der Waals surface area contributed by atoms with Gasteiger partial charge in [0, 0.05) is 24.7 Å². The number of carbonyl (C=O) groups excluding carboxylic acids is 1. The Hall–Kier alpha value is -2.59. The molecule has 1 N–H and O–H groups in total. The maximum absolute atomic E-state index is 12.9. The number of nitrogens with zero attached hydrogens (tertiary/aromatic N) is 1. The first kappa shape index (κ1) is 24.1. The van der Waals surface area contributed by atoms with Crippen molar-refractivity contribution >= 4 is 21.6 Å². The van der Waals surface area contributed by atoms with Crippen LogP contribution in [0.15, 0.2) is 47.4 Å². The van der Waals surface area contributed by atoms with Gasteiger partial charge < -0.3 is 10.1 Å². The average Bonchev–Trinajstić information content (AvgIpc) is 2.74. The van der Waals surface area contributed by atoms with Crippen LogP contribution in [-0.4, -0.2) is 44.5 Å². The van der Waals surface area contributed by atoms with E-state index in [1.165, 1.54) is 28.6 Å². The molecule has 1 heterocycles. The third kappa shape index (κ3) is 6.01. The van der Waals surface area contributed by atoms with Gasteiger partial charge in [0.05, 0.1) is 4.90 Å². The smallest absolute Gasteiger partial charge is 0.422 e. The lowest BCUT2D eigenvalue weighted by molar-refractivity contribution is -0.153. The number of nitrogens with one attached hydrogen (secondary N) is 1. The van der Waals surface area contributed by atoms with Crippen molar-refractivity contribution in [2.45, 2.75) is 37.8 Å². The Balaban J connectivity index is 1.54.